The molecule has 0 aliphatic carbocycles. The van der Waals surface area contributed by atoms with Crippen LogP contribution in [0.25, 0.3) is 0 Å². The molecule has 0 amide bonds. The van der Waals surface area contributed by atoms with Crippen molar-refractivity contribution >= 4 is 42.7 Å². The van der Waals surface area contributed by atoms with Gasteiger partial charge in [0.25, 0.3) is 0 Å². The first-order valence-corrected chi connectivity index (χ1v) is 15.5. The van der Waals surface area contributed by atoms with E-state index in [9.17, 15) is 0 Å². The zero-order valence-electron chi connectivity index (χ0n) is 12.5. The van der Waals surface area contributed by atoms with Crippen LogP contribution in [0.2, 0.25) is 0 Å². The summed E-state index contributed by atoms with van der Waals surface area (Å²) in [5.74, 6) is 0. The van der Waals surface area contributed by atoms with Crippen LogP contribution in [0.4, 0.5) is 0 Å². The van der Waals surface area contributed by atoms with Gasteiger partial charge in [-0.05, 0) is 0 Å². The van der Waals surface area contributed by atoms with Gasteiger partial charge in [-0.1, -0.05) is 0 Å². The Morgan fingerprint density at radius 3 is 1.00 bits per heavy atom. The summed E-state index contributed by atoms with van der Waals surface area (Å²) in [6.45, 7) is 19.6. The van der Waals surface area contributed by atoms with Crippen LogP contribution in [0.15, 0.2) is 0 Å². The molecule has 0 aliphatic rings. The molecule has 5 heteroatoms. The van der Waals surface area contributed by atoms with E-state index in [1.807, 2.05) is 0 Å². The molecule has 0 fully saturated rings. The van der Waals surface area contributed by atoms with E-state index in [1.165, 1.54) is 0 Å². The minimum atomic E-state index is 0.230. The van der Waals surface area contributed by atoms with Crippen LogP contribution < -0.4 is 3.35 Å². The second-order valence-electron chi connectivity index (χ2n) is 5.36. The zero-order chi connectivity index (χ0) is 13.6. The Labute approximate surface area is 124 Å². The quantitative estimate of drug-likeness (QED) is 0.469. The third kappa shape index (κ3) is 7.89. The number of hydrogen-bond donors (Lipinski definition) is 1. The summed E-state index contributed by atoms with van der Waals surface area (Å²) in [5.41, 5.74) is 3.55. The molecule has 0 aromatic carbocycles. The van der Waals surface area contributed by atoms with Gasteiger partial charge in [0.1, 0.15) is 0 Å². The molecule has 0 heterocycles. The first-order chi connectivity index (χ1) is 7.77. The Hall–Kier alpha value is 1.86. The van der Waals surface area contributed by atoms with Crippen molar-refractivity contribution in [1.29, 1.82) is 0 Å². The van der Waals surface area contributed by atoms with Crippen molar-refractivity contribution in [3.05, 3.63) is 0 Å². The molecular formula is C12H29NP2Se2. The van der Waals surface area contributed by atoms with Gasteiger partial charge in [-0.2, -0.15) is 0 Å². The topological polar surface area (TPSA) is 12.0 Å². The SMILES string of the molecule is CC(C)P([Se]N[Se]P(C(C)C)C(C)C)C(C)C. The van der Waals surface area contributed by atoms with E-state index >= 15 is 0 Å². The Kier molecular flexibility index (Phi) is 10.8. The van der Waals surface area contributed by atoms with Gasteiger partial charge in [0.15, 0.2) is 0 Å². The molecule has 1 N–H and O–H groups in total. The molecule has 1 nitrogen and oxygen atoms in total. The molecule has 104 valence electrons. The monoisotopic (exact) mass is 409 g/mol. The van der Waals surface area contributed by atoms with Crippen LogP contribution in [0.3, 0.4) is 0 Å². The standard InChI is InChI=1S/C12H29NP2Se2/c1-9(2)14(10(3)4)16-13-17-15(11(5)6)12(7)8/h9-13H,1-8H3. The van der Waals surface area contributed by atoms with E-state index in [0.717, 1.165) is 22.6 Å². The van der Waals surface area contributed by atoms with E-state index in [1.54, 1.807) is 0 Å². The first-order valence-electron chi connectivity index (χ1n) is 6.42. The number of rotatable bonds is 8. The Morgan fingerprint density at radius 2 is 0.824 bits per heavy atom. The second-order valence-corrected chi connectivity index (χ2v) is 21.1. The van der Waals surface area contributed by atoms with Gasteiger partial charge >= 0.3 is 124 Å². The van der Waals surface area contributed by atoms with Crippen LogP contribution >= 0.6 is 13.2 Å². The van der Waals surface area contributed by atoms with Crippen molar-refractivity contribution < 1.29 is 0 Å². The third-order valence-electron chi connectivity index (χ3n) is 2.32. The second kappa shape index (κ2) is 9.71. The molecule has 0 spiro atoms. The van der Waals surface area contributed by atoms with Crippen LogP contribution in [0.1, 0.15) is 55.4 Å². The normalized spacial score (nSPS) is 13.1. The number of hydrogen-bond acceptors (Lipinski definition) is 1. The Morgan fingerprint density at radius 1 is 0.588 bits per heavy atom. The molecule has 0 bridgehead atoms. The summed E-state index contributed by atoms with van der Waals surface area (Å²) in [5, 5.41) is 0. The van der Waals surface area contributed by atoms with Gasteiger partial charge in [0, 0.05) is 0 Å². The molecule has 0 unspecified atom stereocenters. The van der Waals surface area contributed by atoms with Crippen LogP contribution in [0, 0.1) is 0 Å². The van der Waals surface area contributed by atoms with E-state index in [2.05, 4.69) is 58.7 Å². The van der Waals surface area contributed by atoms with E-state index < -0.39 is 0 Å². The first kappa shape index (κ1) is 18.9. The predicted molar refractivity (Wildman–Crippen MR) is 89.0 cm³/mol. The molecule has 0 atom stereocenters. The van der Waals surface area contributed by atoms with E-state index in [4.69, 9.17) is 0 Å². The number of nitrogens with one attached hydrogen (secondary N) is 1. The van der Waals surface area contributed by atoms with Gasteiger partial charge in [-0.15, -0.1) is 0 Å². The van der Waals surface area contributed by atoms with Crippen molar-refractivity contribution in [2.45, 2.75) is 78.0 Å². The van der Waals surface area contributed by atoms with Crippen molar-refractivity contribution in [2.24, 2.45) is 0 Å². The van der Waals surface area contributed by atoms with Crippen molar-refractivity contribution in [1.82, 2.24) is 3.35 Å². The summed E-state index contributed by atoms with van der Waals surface area (Å²) in [7, 11) is 0. The molecule has 0 rings (SSSR count). The molecule has 0 saturated heterocycles. The summed E-state index contributed by atoms with van der Waals surface area (Å²) in [6, 6.07) is 0. The maximum atomic E-state index is 3.89. The van der Waals surface area contributed by atoms with Crippen LogP contribution in [-0.4, -0.2) is 52.1 Å². The minimum absolute atomic E-state index is 0.230. The predicted octanol–water partition coefficient (Wildman–Crippen LogP) is 4.24. The summed E-state index contributed by atoms with van der Waals surface area (Å²) < 4.78 is 3.89. The average Bonchev–Trinajstić information content (AvgIpc) is 2.14. The van der Waals surface area contributed by atoms with Gasteiger partial charge in [0.05, 0.1) is 0 Å². The van der Waals surface area contributed by atoms with Gasteiger partial charge in [0.2, 0.25) is 0 Å². The van der Waals surface area contributed by atoms with Gasteiger partial charge in [-0.3, -0.25) is 0 Å². The fourth-order valence-corrected chi connectivity index (χ4v) is 21.2. The molecule has 17 heavy (non-hydrogen) atoms. The molecule has 0 saturated carbocycles. The van der Waals surface area contributed by atoms with E-state index in [0.29, 0.717) is 29.5 Å². The van der Waals surface area contributed by atoms with Gasteiger partial charge in [-0.25, -0.2) is 0 Å². The Bertz CT molecular complexity index is 163. The van der Waals surface area contributed by atoms with Crippen molar-refractivity contribution in [2.75, 3.05) is 0 Å². The zero-order valence-corrected chi connectivity index (χ0v) is 17.7. The van der Waals surface area contributed by atoms with Gasteiger partial charge < -0.3 is 0 Å². The molecule has 0 aromatic rings. The summed E-state index contributed by atoms with van der Waals surface area (Å²) in [4.78, 5) is 0. The summed E-state index contributed by atoms with van der Waals surface area (Å²) in [6.07, 6.45) is 0. The average molecular weight is 407 g/mol. The van der Waals surface area contributed by atoms with E-state index in [-0.39, 0.29) is 13.2 Å². The third-order valence-corrected chi connectivity index (χ3v) is 26.0. The van der Waals surface area contributed by atoms with Crippen molar-refractivity contribution in [3.63, 3.8) is 0 Å². The molecule has 0 aromatic heterocycles. The van der Waals surface area contributed by atoms with Crippen LogP contribution in [-0.2, 0) is 0 Å². The fourth-order valence-electron chi connectivity index (χ4n) is 1.72. The maximum absolute atomic E-state index is 3.89. The molecule has 0 radical (unpaired) electrons. The molecular weight excluding hydrogens is 378 g/mol. The fraction of sp³-hybridized carbons (Fsp3) is 1.00. The van der Waals surface area contributed by atoms with Crippen molar-refractivity contribution in [3.8, 4) is 0 Å². The summed E-state index contributed by atoms with van der Waals surface area (Å²) >= 11 is 1.39. The Balaban J connectivity index is 4.10. The van der Waals surface area contributed by atoms with Crippen LogP contribution in [0.5, 0.6) is 0 Å². The molecule has 0 aliphatic heterocycles.